The number of hydrogen-bond acceptors (Lipinski definition) is 3. The van der Waals surface area contributed by atoms with Gasteiger partial charge in [0.15, 0.2) is 5.78 Å². The highest BCUT2D eigenvalue weighted by Crippen LogP contribution is 2.27. The summed E-state index contributed by atoms with van der Waals surface area (Å²) in [7, 11) is 0. The Morgan fingerprint density at radius 1 is 1.30 bits per heavy atom. The normalized spacial score (nSPS) is 10.3. The molecule has 0 saturated heterocycles. The van der Waals surface area contributed by atoms with Crippen molar-refractivity contribution in [3.8, 4) is 5.75 Å². The minimum Gasteiger partial charge on any atom is -0.494 e. The maximum Gasteiger partial charge on any atom is 0.194 e. The monoisotopic (exact) mass is 353 g/mol. The number of anilines is 1. The summed E-state index contributed by atoms with van der Waals surface area (Å²) < 4.78 is 6.06. The SMILES string of the molecule is CCOc1ccc(C(=O)c2cc(N)cc(Cl)c2)c(Br)c1. The Balaban J connectivity index is 2.38. The van der Waals surface area contributed by atoms with Gasteiger partial charge in [0, 0.05) is 26.3 Å². The Hall–Kier alpha value is -1.52. The van der Waals surface area contributed by atoms with Crippen LogP contribution in [0.2, 0.25) is 5.02 Å². The van der Waals surface area contributed by atoms with Crippen molar-refractivity contribution in [1.29, 1.82) is 0 Å². The summed E-state index contributed by atoms with van der Waals surface area (Å²) in [5.41, 5.74) is 7.17. The number of rotatable bonds is 4. The summed E-state index contributed by atoms with van der Waals surface area (Å²) in [4.78, 5) is 12.5. The average molecular weight is 355 g/mol. The molecule has 2 rings (SSSR count). The minimum atomic E-state index is -0.144. The summed E-state index contributed by atoms with van der Waals surface area (Å²) >= 11 is 9.31. The van der Waals surface area contributed by atoms with Gasteiger partial charge in [-0.3, -0.25) is 4.79 Å². The van der Waals surface area contributed by atoms with E-state index in [1.54, 1.807) is 36.4 Å². The lowest BCUT2D eigenvalue weighted by Gasteiger charge is -2.08. The maximum atomic E-state index is 12.5. The molecule has 0 saturated carbocycles. The molecule has 0 aromatic heterocycles. The van der Waals surface area contributed by atoms with Crippen molar-refractivity contribution < 1.29 is 9.53 Å². The first-order valence-electron chi connectivity index (χ1n) is 6.04. The van der Waals surface area contributed by atoms with Crippen LogP contribution < -0.4 is 10.5 Å². The molecule has 0 aliphatic heterocycles. The molecule has 0 amide bonds. The van der Waals surface area contributed by atoms with Crippen molar-refractivity contribution in [1.82, 2.24) is 0 Å². The molecule has 0 atom stereocenters. The van der Waals surface area contributed by atoms with E-state index in [9.17, 15) is 4.79 Å². The van der Waals surface area contributed by atoms with Crippen molar-refractivity contribution in [2.24, 2.45) is 0 Å². The molecule has 104 valence electrons. The zero-order valence-electron chi connectivity index (χ0n) is 10.8. The number of benzene rings is 2. The van der Waals surface area contributed by atoms with Crippen LogP contribution >= 0.6 is 27.5 Å². The summed E-state index contributed by atoms with van der Waals surface area (Å²) in [6.07, 6.45) is 0. The van der Waals surface area contributed by atoms with Crippen molar-refractivity contribution in [2.45, 2.75) is 6.92 Å². The molecular weight excluding hydrogens is 342 g/mol. The molecule has 2 N–H and O–H groups in total. The Labute approximate surface area is 130 Å². The standard InChI is InChI=1S/C15H13BrClNO2/c1-2-20-12-3-4-13(14(16)8-12)15(19)9-5-10(17)7-11(18)6-9/h3-8H,2,18H2,1H3. The van der Waals surface area contributed by atoms with Crippen LogP contribution in [0.15, 0.2) is 40.9 Å². The molecule has 2 aromatic rings. The average Bonchev–Trinajstić information content (AvgIpc) is 2.37. The van der Waals surface area contributed by atoms with E-state index >= 15 is 0 Å². The highest BCUT2D eigenvalue weighted by molar-refractivity contribution is 9.10. The quantitative estimate of drug-likeness (QED) is 0.657. The van der Waals surface area contributed by atoms with Gasteiger partial charge in [-0.25, -0.2) is 0 Å². The number of nitrogen functional groups attached to an aromatic ring is 1. The lowest BCUT2D eigenvalue weighted by molar-refractivity contribution is 0.103. The topological polar surface area (TPSA) is 52.3 Å². The molecule has 0 aliphatic rings. The molecule has 5 heteroatoms. The zero-order valence-corrected chi connectivity index (χ0v) is 13.2. The molecule has 0 unspecified atom stereocenters. The third kappa shape index (κ3) is 3.32. The van der Waals surface area contributed by atoms with Crippen LogP contribution in [-0.2, 0) is 0 Å². The molecule has 3 nitrogen and oxygen atoms in total. The summed E-state index contributed by atoms with van der Waals surface area (Å²) in [6.45, 7) is 2.48. The van der Waals surface area contributed by atoms with Crippen molar-refractivity contribution >= 4 is 39.0 Å². The van der Waals surface area contributed by atoms with Gasteiger partial charge in [0.05, 0.1) is 6.61 Å². The second-order valence-electron chi connectivity index (χ2n) is 4.18. The Bertz CT molecular complexity index is 638. The lowest BCUT2D eigenvalue weighted by atomic mass is 10.0. The third-order valence-corrected chi connectivity index (χ3v) is 3.55. The van der Waals surface area contributed by atoms with Crippen LogP contribution in [-0.4, -0.2) is 12.4 Å². The predicted molar refractivity (Wildman–Crippen MR) is 84.6 cm³/mol. The molecule has 2 aromatic carbocycles. The number of halogens is 2. The van der Waals surface area contributed by atoms with Crippen LogP contribution in [0.3, 0.4) is 0 Å². The van der Waals surface area contributed by atoms with E-state index in [-0.39, 0.29) is 5.78 Å². The first-order chi connectivity index (χ1) is 9.51. The van der Waals surface area contributed by atoms with Crippen molar-refractivity contribution in [3.63, 3.8) is 0 Å². The first kappa shape index (κ1) is 14.9. The van der Waals surface area contributed by atoms with Crippen molar-refractivity contribution in [3.05, 3.63) is 57.0 Å². The smallest absolute Gasteiger partial charge is 0.194 e. The first-order valence-corrected chi connectivity index (χ1v) is 7.21. The van der Waals surface area contributed by atoms with E-state index < -0.39 is 0 Å². The van der Waals surface area contributed by atoms with Crippen LogP contribution in [0.4, 0.5) is 5.69 Å². The Morgan fingerprint density at radius 2 is 2.05 bits per heavy atom. The zero-order chi connectivity index (χ0) is 14.7. The summed E-state index contributed by atoms with van der Waals surface area (Å²) in [5, 5.41) is 0.440. The molecule has 0 spiro atoms. The second-order valence-corrected chi connectivity index (χ2v) is 5.47. The lowest BCUT2D eigenvalue weighted by Crippen LogP contribution is -2.04. The van der Waals surface area contributed by atoms with Gasteiger partial charge < -0.3 is 10.5 Å². The molecule has 0 aliphatic carbocycles. The van der Waals surface area contributed by atoms with Gasteiger partial charge in [-0.2, -0.15) is 0 Å². The van der Waals surface area contributed by atoms with Gasteiger partial charge in [-0.1, -0.05) is 11.6 Å². The van der Waals surface area contributed by atoms with E-state index in [1.807, 2.05) is 6.92 Å². The van der Waals surface area contributed by atoms with Crippen LogP contribution in [0.1, 0.15) is 22.8 Å². The fourth-order valence-electron chi connectivity index (χ4n) is 1.84. The molecule has 0 fully saturated rings. The highest BCUT2D eigenvalue weighted by atomic mass is 79.9. The van der Waals surface area contributed by atoms with Gasteiger partial charge in [0.1, 0.15) is 5.75 Å². The Morgan fingerprint density at radius 3 is 2.65 bits per heavy atom. The van der Waals surface area contributed by atoms with E-state index in [0.717, 1.165) is 0 Å². The third-order valence-electron chi connectivity index (χ3n) is 2.68. The molecule has 0 heterocycles. The molecule has 20 heavy (non-hydrogen) atoms. The van der Waals surface area contributed by atoms with Crippen LogP contribution in [0.25, 0.3) is 0 Å². The largest absolute Gasteiger partial charge is 0.494 e. The minimum absolute atomic E-state index is 0.144. The fourth-order valence-corrected chi connectivity index (χ4v) is 2.62. The van der Waals surface area contributed by atoms with Gasteiger partial charge >= 0.3 is 0 Å². The molecular formula is C15H13BrClNO2. The van der Waals surface area contributed by atoms with E-state index in [1.165, 1.54) is 0 Å². The van der Waals surface area contributed by atoms with Crippen LogP contribution in [0, 0.1) is 0 Å². The van der Waals surface area contributed by atoms with E-state index in [2.05, 4.69) is 15.9 Å². The number of ketones is 1. The van der Waals surface area contributed by atoms with Crippen LogP contribution in [0.5, 0.6) is 5.75 Å². The fraction of sp³-hybridized carbons (Fsp3) is 0.133. The van der Waals surface area contributed by atoms with Gasteiger partial charge in [0.2, 0.25) is 0 Å². The Kier molecular flexibility index (Phi) is 4.68. The number of carbonyl (C=O) groups excluding carboxylic acids is 1. The number of ether oxygens (including phenoxy) is 1. The highest BCUT2D eigenvalue weighted by Gasteiger charge is 2.14. The summed E-state index contributed by atoms with van der Waals surface area (Å²) in [5.74, 6) is 0.565. The number of carbonyl (C=O) groups is 1. The molecule has 0 bridgehead atoms. The van der Waals surface area contributed by atoms with Gasteiger partial charge in [-0.05, 0) is 59.3 Å². The predicted octanol–water partition coefficient (Wildman–Crippen LogP) is 4.31. The van der Waals surface area contributed by atoms with Crippen molar-refractivity contribution in [2.75, 3.05) is 12.3 Å². The second kappa shape index (κ2) is 6.29. The number of hydrogen-bond donors (Lipinski definition) is 1. The molecule has 0 radical (unpaired) electrons. The van der Waals surface area contributed by atoms with Gasteiger partial charge in [-0.15, -0.1) is 0 Å². The van der Waals surface area contributed by atoms with E-state index in [4.69, 9.17) is 22.1 Å². The maximum absolute atomic E-state index is 12.5. The van der Waals surface area contributed by atoms with Gasteiger partial charge in [0.25, 0.3) is 0 Å². The van der Waals surface area contributed by atoms with E-state index in [0.29, 0.717) is 38.7 Å². The summed E-state index contributed by atoms with van der Waals surface area (Å²) in [6, 6.07) is 10.1. The number of nitrogens with two attached hydrogens (primary N) is 1.